The van der Waals surface area contributed by atoms with Crippen molar-refractivity contribution >= 4 is 7.87 Å². The second-order valence-corrected chi connectivity index (χ2v) is 9.76. The number of hydrogen-bond donors (Lipinski definition) is 3. The molecule has 0 aliphatic heterocycles. The van der Waals surface area contributed by atoms with E-state index in [1.807, 2.05) is 0 Å². The van der Waals surface area contributed by atoms with Crippen LogP contribution in [-0.4, -0.2) is 35.9 Å². The standard InChI is InChI=1S/C17H42N4P/c1-9-11-13-21(14-12-10-2)22(18-15(3)4,19-16(5)6)20-17(7)8/h15-20H,9-14H2,1-8H3/q+1. The van der Waals surface area contributed by atoms with Gasteiger partial charge in [0.15, 0.2) is 0 Å². The third-order valence-corrected chi connectivity index (χ3v) is 7.22. The van der Waals surface area contributed by atoms with Crippen LogP contribution in [0.15, 0.2) is 0 Å². The molecule has 0 aromatic rings. The van der Waals surface area contributed by atoms with E-state index in [1.54, 1.807) is 0 Å². The van der Waals surface area contributed by atoms with Gasteiger partial charge in [0.2, 0.25) is 0 Å². The third kappa shape index (κ3) is 8.79. The molecule has 0 aliphatic carbocycles. The molecule has 0 spiro atoms. The van der Waals surface area contributed by atoms with Gasteiger partial charge >= 0.3 is 7.87 Å². The topological polar surface area (TPSA) is 39.3 Å². The van der Waals surface area contributed by atoms with Crippen LogP contribution < -0.4 is 15.3 Å². The molecule has 0 unspecified atom stereocenters. The van der Waals surface area contributed by atoms with Crippen LogP contribution in [0.4, 0.5) is 0 Å². The summed E-state index contributed by atoms with van der Waals surface area (Å²) in [7, 11) is -1.75. The van der Waals surface area contributed by atoms with Crippen LogP contribution in [0.5, 0.6) is 0 Å². The predicted molar refractivity (Wildman–Crippen MR) is 103 cm³/mol. The molecule has 0 radical (unpaired) electrons. The molecular weight excluding hydrogens is 291 g/mol. The third-order valence-electron chi connectivity index (χ3n) is 3.30. The average molecular weight is 334 g/mol. The molecule has 0 atom stereocenters. The maximum Gasteiger partial charge on any atom is 0.301 e. The van der Waals surface area contributed by atoms with Crippen molar-refractivity contribution in [3.8, 4) is 0 Å². The molecule has 0 saturated heterocycles. The molecule has 0 heterocycles. The second kappa shape index (κ2) is 11.8. The first-order valence-electron chi connectivity index (χ1n) is 9.25. The monoisotopic (exact) mass is 333 g/mol. The molecule has 0 aliphatic rings. The van der Waals surface area contributed by atoms with Crippen LogP contribution in [0.3, 0.4) is 0 Å². The van der Waals surface area contributed by atoms with Gasteiger partial charge in [-0.3, -0.25) is 0 Å². The summed E-state index contributed by atoms with van der Waals surface area (Å²) >= 11 is 0. The molecular formula is C17H42N4P+. The zero-order chi connectivity index (χ0) is 17.2. The highest BCUT2D eigenvalue weighted by Crippen LogP contribution is 2.51. The number of rotatable bonds is 13. The van der Waals surface area contributed by atoms with E-state index in [9.17, 15) is 0 Å². The Morgan fingerprint density at radius 3 is 1.23 bits per heavy atom. The van der Waals surface area contributed by atoms with Gasteiger partial charge in [-0.1, -0.05) is 26.7 Å². The summed E-state index contributed by atoms with van der Waals surface area (Å²) in [5, 5.41) is 11.7. The summed E-state index contributed by atoms with van der Waals surface area (Å²) in [6.45, 7) is 20.3. The van der Waals surface area contributed by atoms with Gasteiger partial charge in [0.25, 0.3) is 0 Å². The van der Waals surface area contributed by atoms with Crippen molar-refractivity contribution in [1.82, 2.24) is 19.9 Å². The lowest BCUT2D eigenvalue weighted by Gasteiger charge is -2.39. The lowest BCUT2D eigenvalue weighted by molar-refractivity contribution is 0.392. The zero-order valence-electron chi connectivity index (χ0n) is 16.4. The molecule has 134 valence electrons. The van der Waals surface area contributed by atoms with Crippen molar-refractivity contribution in [3.05, 3.63) is 0 Å². The molecule has 0 amide bonds. The predicted octanol–water partition coefficient (Wildman–Crippen LogP) is 4.56. The Bertz CT molecular complexity index is 235. The van der Waals surface area contributed by atoms with Crippen LogP contribution >= 0.6 is 7.87 Å². The maximum absolute atomic E-state index is 3.89. The van der Waals surface area contributed by atoms with Crippen molar-refractivity contribution in [2.45, 2.75) is 99.2 Å². The fraction of sp³-hybridized carbons (Fsp3) is 1.00. The van der Waals surface area contributed by atoms with Gasteiger partial charge in [0, 0.05) is 31.2 Å². The Labute approximate surface area is 140 Å². The fourth-order valence-electron chi connectivity index (χ4n) is 2.57. The number of hydrogen-bond acceptors (Lipinski definition) is 4. The van der Waals surface area contributed by atoms with Crippen LogP contribution in [-0.2, 0) is 0 Å². The van der Waals surface area contributed by atoms with Crippen molar-refractivity contribution in [1.29, 1.82) is 0 Å². The molecule has 0 aromatic heterocycles. The van der Waals surface area contributed by atoms with Crippen molar-refractivity contribution < 1.29 is 0 Å². The van der Waals surface area contributed by atoms with Crippen LogP contribution in [0.2, 0.25) is 0 Å². The minimum Gasteiger partial charge on any atom is -0.143 e. The fourth-order valence-corrected chi connectivity index (χ4v) is 6.41. The Morgan fingerprint density at radius 1 is 0.682 bits per heavy atom. The lowest BCUT2D eigenvalue weighted by Crippen LogP contribution is -2.53. The average Bonchev–Trinajstić information content (AvgIpc) is 2.35. The minimum atomic E-state index is -1.75. The molecule has 5 heteroatoms. The Kier molecular flexibility index (Phi) is 11.9. The quantitative estimate of drug-likeness (QED) is 0.432. The molecule has 0 rings (SSSR count). The number of nitrogens with zero attached hydrogens (tertiary/aromatic N) is 1. The molecule has 4 nitrogen and oxygen atoms in total. The SMILES string of the molecule is CCCCN(CCCC)[P+](NC(C)C)(NC(C)C)NC(C)C. The minimum absolute atomic E-state index is 0.455. The van der Waals surface area contributed by atoms with E-state index >= 15 is 0 Å². The maximum atomic E-state index is 3.89. The summed E-state index contributed by atoms with van der Waals surface area (Å²) in [5.74, 6) is 0. The summed E-state index contributed by atoms with van der Waals surface area (Å²) < 4.78 is 2.68. The normalized spacial score (nSPS) is 13.1. The Balaban J connectivity index is 5.43. The van der Waals surface area contributed by atoms with Gasteiger partial charge in [0.1, 0.15) is 0 Å². The van der Waals surface area contributed by atoms with E-state index in [0.29, 0.717) is 18.1 Å². The van der Waals surface area contributed by atoms with Gasteiger partial charge < -0.3 is 0 Å². The Morgan fingerprint density at radius 2 is 1.00 bits per heavy atom. The second-order valence-electron chi connectivity index (χ2n) is 7.15. The smallest absolute Gasteiger partial charge is 0.143 e. The van der Waals surface area contributed by atoms with Gasteiger partial charge in [-0.25, -0.2) is 0 Å². The highest BCUT2D eigenvalue weighted by atomic mass is 31.2. The van der Waals surface area contributed by atoms with Crippen LogP contribution in [0.1, 0.15) is 81.1 Å². The Hall–Kier alpha value is 0.270. The van der Waals surface area contributed by atoms with E-state index in [4.69, 9.17) is 0 Å². The van der Waals surface area contributed by atoms with E-state index in [1.165, 1.54) is 25.7 Å². The van der Waals surface area contributed by atoms with Crippen molar-refractivity contribution in [2.24, 2.45) is 0 Å². The van der Waals surface area contributed by atoms with E-state index in [-0.39, 0.29) is 0 Å². The summed E-state index contributed by atoms with van der Waals surface area (Å²) in [6, 6.07) is 1.37. The van der Waals surface area contributed by atoms with E-state index in [0.717, 1.165) is 13.1 Å². The highest BCUT2D eigenvalue weighted by Gasteiger charge is 2.47. The molecule has 0 fully saturated rings. The molecule has 0 saturated carbocycles. The first kappa shape index (κ1) is 22.3. The first-order valence-corrected chi connectivity index (χ1v) is 11.0. The van der Waals surface area contributed by atoms with Crippen molar-refractivity contribution in [2.75, 3.05) is 13.1 Å². The lowest BCUT2D eigenvalue weighted by atomic mass is 10.3. The number of nitrogens with one attached hydrogen (secondary N) is 3. The summed E-state index contributed by atoms with van der Waals surface area (Å²) in [5.41, 5.74) is 0. The van der Waals surface area contributed by atoms with Gasteiger partial charge in [-0.15, -0.1) is 19.9 Å². The van der Waals surface area contributed by atoms with Gasteiger partial charge in [0.05, 0.1) is 0 Å². The van der Waals surface area contributed by atoms with Gasteiger partial charge in [-0.2, -0.15) is 0 Å². The molecule has 0 bridgehead atoms. The van der Waals surface area contributed by atoms with E-state index in [2.05, 4.69) is 75.3 Å². The van der Waals surface area contributed by atoms with Crippen LogP contribution in [0.25, 0.3) is 0 Å². The van der Waals surface area contributed by atoms with E-state index < -0.39 is 7.87 Å². The van der Waals surface area contributed by atoms with Gasteiger partial charge in [-0.05, 0) is 54.4 Å². The first-order chi connectivity index (χ1) is 10.3. The van der Waals surface area contributed by atoms with Crippen molar-refractivity contribution in [3.63, 3.8) is 0 Å². The number of unbranched alkanes of at least 4 members (excludes halogenated alkanes) is 2. The summed E-state index contributed by atoms with van der Waals surface area (Å²) in [4.78, 5) is 0. The highest BCUT2D eigenvalue weighted by molar-refractivity contribution is 7.67. The molecule has 3 N–H and O–H groups in total. The zero-order valence-corrected chi connectivity index (χ0v) is 17.3. The molecule has 0 aromatic carbocycles. The van der Waals surface area contributed by atoms with Crippen LogP contribution in [0, 0.1) is 0 Å². The largest absolute Gasteiger partial charge is 0.301 e. The molecule has 22 heavy (non-hydrogen) atoms. The summed E-state index contributed by atoms with van der Waals surface area (Å²) in [6.07, 6.45) is 5.00.